The van der Waals surface area contributed by atoms with Crippen molar-refractivity contribution in [3.05, 3.63) is 53.3 Å². The number of hydrogen-bond acceptors (Lipinski definition) is 3. The maximum atomic E-state index is 14.7. The van der Waals surface area contributed by atoms with Crippen LogP contribution in [0.15, 0.2) is 41.4 Å². The predicted octanol–water partition coefficient (Wildman–Crippen LogP) is 5.39. The monoisotopic (exact) mass is 340 g/mol. The summed E-state index contributed by atoms with van der Waals surface area (Å²) < 4.78 is 14.7. The Labute approximate surface area is 148 Å². The quantitative estimate of drug-likeness (QED) is 0.760. The number of rotatable bonds is 3. The van der Waals surface area contributed by atoms with Gasteiger partial charge in [-0.3, -0.25) is 4.99 Å². The molecule has 0 spiro atoms. The Morgan fingerprint density at radius 3 is 2.60 bits per heavy atom. The molecule has 0 saturated heterocycles. The van der Waals surface area contributed by atoms with Gasteiger partial charge in [-0.15, -0.1) is 0 Å². The molecule has 0 fully saturated rings. The van der Waals surface area contributed by atoms with E-state index in [1.165, 1.54) is 5.56 Å². The number of phenols is 1. The fourth-order valence-corrected chi connectivity index (χ4v) is 3.90. The van der Waals surface area contributed by atoms with E-state index in [0.717, 1.165) is 18.7 Å². The zero-order valence-electron chi connectivity index (χ0n) is 15.3. The summed E-state index contributed by atoms with van der Waals surface area (Å²) in [6.45, 7) is 9.60. The van der Waals surface area contributed by atoms with E-state index >= 15 is 0 Å². The highest BCUT2D eigenvalue weighted by Gasteiger charge is 2.36. The number of hydrogen-bond donors (Lipinski definition) is 1. The van der Waals surface area contributed by atoms with Crippen LogP contribution in [0.3, 0.4) is 0 Å². The van der Waals surface area contributed by atoms with Crippen LogP contribution in [-0.2, 0) is 0 Å². The molecule has 1 N–H and O–H groups in total. The van der Waals surface area contributed by atoms with E-state index in [4.69, 9.17) is 0 Å². The lowest BCUT2D eigenvalue weighted by molar-refractivity contribution is 0.380. The second-order valence-corrected chi connectivity index (χ2v) is 7.37. The van der Waals surface area contributed by atoms with Crippen molar-refractivity contribution in [3.63, 3.8) is 0 Å². The lowest BCUT2D eigenvalue weighted by Gasteiger charge is -2.47. The number of aliphatic imine (C=N–C) groups is 1. The molecule has 3 rings (SSSR count). The van der Waals surface area contributed by atoms with Gasteiger partial charge in [-0.2, -0.15) is 0 Å². The average Bonchev–Trinajstić information content (AvgIpc) is 2.54. The van der Waals surface area contributed by atoms with E-state index in [-0.39, 0.29) is 17.1 Å². The van der Waals surface area contributed by atoms with Crippen molar-refractivity contribution < 1.29 is 9.50 Å². The van der Waals surface area contributed by atoms with Crippen LogP contribution in [0.1, 0.15) is 51.2 Å². The van der Waals surface area contributed by atoms with Gasteiger partial charge in [0.05, 0.1) is 5.69 Å². The molecule has 0 saturated carbocycles. The van der Waals surface area contributed by atoms with Crippen molar-refractivity contribution >= 4 is 17.6 Å². The number of benzene rings is 2. The van der Waals surface area contributed by atoms with E-state index < -0.39 is 0 Å². The molecule has 3 nitrogen and oxygen atoms in total. The Morgan fingerprint density at radius 1 is 1.28 bits per heavy atom. The normalized spacial score (nSPS) is 19.2. The third-order valence-electron chi connectivity index (χ3n) is 5.02. The molecular formula is C21H25FN2O. The van der Waals surface area contributed by atoms with Crippen LogP contribution in [0.25, 0.3) is 0 Å². The van der Waals surface area contributed by atoms with Crippen molar-refractivity contribution in [1.82, 2.24) is 0 Å². The standard InChI is InChI=1S/C21H25FN2O/c1-5-24-20-11-19(22)15(10-18(20)14(2)12-21(24,3)4)13-23-16-6-8-17(25)9-7-16/h6-11,13-14,25H,5,12H2,1-4H3. The Kier molecular flexibility index (Phi) is 4.55. The van der Waals surface area contributed by atoms with Crippen LogP contribution in [0.2, 0.25) is 0 Å². The van der Waals surface area contributed by atoms with Crippen LogP contribution >= 0.6 is 0 Å². The van der Waals surface area contributed by atoms with Crippen LogP contribution in [-0.4, -0.2) is 23.4 Å². The first-order valence-electron chi connectivity index (χ1n) is 8.76. The zero-order valence-corrected chi connectivity index (χ0v) is 15.3. The number of anilines is 1. The van der Waals surface area contributed by atoms with E-state index in [9.17, 15) is 9.50 Å². The molecule has 132 valence electrons. The van der Waals surface area contributed by atoms with E-state index in [1.54, 1.807) is 36.5 Å². The first kappa shape index (κ1) is 17.5. The summed E-state index contributed by atoms with van der Waals surface area (Å²) in [7, 11) is 0. The molecule has 0 aliphatic carbocycles. The molecule has 0 amide bonds. The highest BCUT2D eigenvalue weighted by atomic mass is 19.1. The minimum absolute atomic E-state index is 0.0231. The summed E-state index contributed by atoms with van der Waals surface area (Å²) in [6, 6.07) is 10.1. The molecule has 4 heteroatoms. The second kappa shape index (κ2) is 6.51. The number of aromatic hydroxyl groups is 1. The summed E-state index contributed by atoms with van der Waals surface area (Å²) in [6.07, 6.45) is 2.60. The third kappa shape index (κ3) is 3.39. The molecule has 2 aromatic carbocycles. The highest BCUT2D eigenvalue weighted by molar-refractivity contribution is 5.84. The summed E-state index contributed by atoms with van der Waals surface area (Å²) in [5.41, 5.74) is 3.36. The number of halogens is 1. The molecule has 2 aromatic rings. The van der Waals surface area contributed by atoms with Gasteiger partial charge in [-0.05, 0) is 75.1 Å². The van der Waals surface area contributed by atoms with Crippen molar-refractivity contribution in [2.24, 2.45) is 4.99 Å². The molecule has 25 heavy (non-hydrogen) atoms. The Bertz CT molecular complexity index is 796. The topological polar surface area (TPSA) is 35.8 Å². The van der Waals surface area contributed by atoms with Gasteiger partial charge >= 0.3 is 0 Å². The molecule has 1 heterocycles. The summed E-state index contributed by atoms with van der Waals surface area (Å²) >= 11 is 0. The van der Waals surface area contributed by atoms with E-state index in [2.05, 4.69) is 37.6 Å². The van der Waals surface area contributed by atoms with Crippen molar-refractivity contribution in [2.75, 3.05) is 11.4 Å². The molecular weight excluding hydrogens is 315 g/mol. The van der Waals surface area contributed by atoms with Gasteiger partial charge in [0.25, 0.3) is 0 Å². The molecule has 0 radical (unpaired) electrons. The third-order valence-corrected chi connectivity index (χ3v) is 5.02. The summed E-state index contributed by atoms with van der Waals surface area (Å²) in [5, 5.41) is 9.32. The first-order chi connectivity index (χ1) is 11.8. The van der Waals surface area contributed by atoms with Gasteiger partial charge in [-0.25, -0.2) is 4.39 Å². The molecule has 1 unspecified atom stereocenters. The minimum Gasteiger partial charge on any atom is -0.508 e. The molecule has 1 aliphatic rings. The molecule has 0 aromatic heterocycles. The SMILES string of the molecule is CCN1c2cc(F)c(C=Nc3ccc(O)cc3)cc2C(C)CC1(C)C. The highest BCUT2D eigenvalue weighted by Crippen LogP contribution is 2.43. The van der Waals surface area contributed by atoms with Gasteiger partial charge in [0.2, 0.25) is 0 Å². The van der Waals surface area contributed by atoms with E-state index in [0.29, 0.717) is 17.2 Å². The van der Waals surface area contributed by atoms with Gasteiger partial charge in [-0.1, -0.05) is 6.92 Å². The van der Waals surface area contributed by atoms with Gasteiger partial charge in [0.15, 0.2) is 0 Å². The van der Waals surface area contributed by atoms with Gasteiger partial charge in [0, 0.05) is 29.5 Å². The van der Waals surface area contributed by atoms with Crippen molar-refractivity contribution in [3.8, 4) is 5.75 Å². The Morgan fingerprint density at radius 2 is 1.96 bits per heavy atom. The smallest absolute Gasteiger partial charge is 0.134 e. The maximum Gasteiger partial charge on any atom is 0.134 e. The number of fused-ring (bicyclic) bond motifs is 1. The lowest BCUT2D eigenvalue weighted by Crippen LogP contribution is -2.48. The van der Waals surface area contributed by atoms with Crippen LogP contribution in [0.4, 0.5) is 15.8 Å². The average molecular weight is 340 g/mol. The van der Waals surface area contributed by atoms with Gasteiger partial charge in [0.1, 0.15) is 11.6 Å². The Hall–Kier alpha value is -2.36. The molecule has 1 atom stereocenters. The minimum atomic E-state index is -0.260. The van der Waals surface area contributed by atoms with Crippen LogP contribution < -0.4 is 4.90 Å². The number of nitrogens with zero attached hydrogens (tertiary/aromatic N) is 2. The Balaban J connectivity index is 1.99. The van der Waals surface area contributed by atoms with Crippen molar-refractivity contribution in [1.29, 1.82) is 0 Å². The first-order valence-corrected chi connectivity index (χ1v) is 8.76. The summed E-state index contributed by atoms with van der Waals surface area (Å²) in [5.74, 6) is 0.300. The van der Waals surface area contributed by atoms with Crippen LogP contribution in [0, 0.1) is 5.82 Å². The largest absolute Gasteiger partial charge is 0.508 e. The second-order valence-electron chi connectivity index (χ2n) is 7.37. The summed E-state index contributed by atoms with van der Waals surface area (Å²) in [4.78, 5) is 6.61. The van der Waals surface area contributed by atoms with Crippen molar-refractivity contribution in [2.45, 2.75) is 45.6 Å². The van der Waals surface area contributed by atoms with Gasteiger partial charge < -0.3 is 10.0 Å². The molecule has 0 bridgehead atoms. The lowest BCUT2D eigenvalue weighted by atomic mass is 9.79. The van der Waals surface area contributed by atoms with Crippen LogP contribution in [0.5, 0.6) is 5.75 Å². The zero-order chi connectivity index (χ0) is 18.2. The molecule has 1 aliphatic heterocycles. The fraction of sp³-hybridized carbons (Fsp3) is 0.381. The van der Waals surface area contributed by atoms with E-state index in [1.807, 2.05) is 6.07 Å². The fourth-order valence-electron chi connectivity index (χ4n) is 3.90. The maximum absolute atomic E-state index is 14.7. The number of phenolic OH excluding ortho intramolecular Hbond substituents is 1. The predicted molar refractivity (Wildman–Crippen MR) is 102 cm³/mol.